The van der Waals surface area contributed by atoms with Gasteiger partial charge in [-0.15, -0.1) is 0 Å². The lowest BCUT2D eigenvalue weighted by Crippen LogP contribution is -2.48. The standard InChI is InChI=1S/C22H28N2O4S/c1-16(2)28-22(25)24-13-12-20(23-29(3,26)27)21(24)15-17-8-7-11-19(14-17)18-9-5-4-6-10-18/h4-11,14,16,20-21,23H,12-13,15H2,1-3H3. The SMILES string of the molecule is CC(C)OC(=O)N1CCC(NS(C)(=O)=O)C1Cc1cccc(-c2ccccc2)c1. The fourth-order valence-corrected chi connectivity index (χ4v) is 4.59. The number of likely N-dealkylation sites (tertiary alicyclic amines) is 1. The summed E-state index contributed by atoms with van der Waals surface area (Å²) in [5.41, 5.74) is 3.24. The lowest BCUT2D eigenvalue weighted by molar-refractivity contribution is 0.0719. The number of benzene rings is 2. The van der Waals surface area contributed by atoms with E-state index in [1.165, 1.54) is 0 Å². The average Bonchev–Trinajstić information content (AvgIpc) is 3.03. The third kappa shape index (κ3) is 5.81. The van der Waals surface area contributed by atoms with E-state index < -0.39 is 16.1 Å². The van der Waals surface area contributed by atoms with Gasteiger partial charge in [0.05, 0.1) is 18.4 Å². The van der Waals surface area contributed by atoms with Gasteiger partial charge in [-0.25, -0.2) is 17.9 Å². The first kappa shape index (κ1) is 21.3. The van der Waals surface area contributed by atoms with Gasteiger partial charge in [0.25, 0.3) is 0 Å². The van der Waals surface area contributed by atoms with Crippen molar-refractivity contribution in [3.05, 3.63) is 60.2 Å². The van der Waals surface area contributed by atoms with E-state index in [-0.39, 0.29) is 18.2 Å². The first-order chi connectivity index (χ1) is 13.7. The van der Waals surface area contributed by atoms with Crippen molar-refractivity contribution in [3.63, 3.8) is 0 Å². The highest BCUT2D eigenvalue weighted by Crippen LogP contribution is 2.26. The van der Waals surface area contributed by atoms with Gasteiger partial charge in [0.2, 0.25) is 10.0 Å². The lowest BCUT2D eigenvalue weighted by Gasteiger charge is -2.28. The van der Waals surface area contributed by atoms with Gasteiger partial charge >= 0.3 is 6.09 Å². The van der Waals surface area contributed by atoms with E-state index in [1.807, 2.05) is 36.4 Å². The van der Waals surface area contributed by atoms with Crippen molar-refractivity contribution < 1.29 is 17.9 Å². The molecule has 1 aliphatic rings. The predicted molar refractivity (Wildman–Crippen MR) is 114 cm³/mol. The molecule has 0 aliphatic carbocycles. The minimum atomic E-state index is -3.38. The molecule has 1 aliphatic heterocycles. The molecule has 0 saturated carbocycles. The Morgan fingerprint density at radius 2 is 1.83 bits per heavy atom. The Balaban J connectivity index is 1.86. The maximum atomic E-state index is 12.6. The minimum Gasteiger partial charge on any atom is -0.447 e. The van der Waals surface area contributed by atoms with Crippen LogP contribution in [-0.4, -0.2) is 50.4 Å². The normalized spacial score (nSPS) is 19.5. The van der Waals surface area contributed by atoms with Gasteiger partial charge in [0.15, 0.2) is 0 Å². The fraction of sp³-hybridized carbons (Fsp3) is 0.409. The van der Waals surface area contributed by atoms with Crippen LogP contribution in [0.5, 0.6) is 0 Å². The zero-order chi connectivity index (χ0) is 21.0. The van der Waals surface area contributed by atoms with Crippen LogP contribution in [0, 0.1) is 0 Å². The van der Waals surface area contributed by atoms with Gasteiger partial charge < -0.3 is 9.64 Å². The van der Waals surface area contributed by atoms with Crippen molar-refractivity contribution in [1.82, 2.24) is 9.62 Å². The number of amides is 1. The van der Waals surface area contributed by atoms with Crippen LogP contribution in [0.15, 0.2) is 54.6 Å². The number of hydrogen-bond acceptors (Lipinski definition) is 4. The van der Waals surface area contributed by atoms with E-state index in [0.29, 0.717) is 19.4 Å². The largest absolute Gasteiger partial charge is 0.447 e. The van der Waals surface area contributed by atoms with Crippen molar-refractivity contribution >= 4 is 16.1 Å². The van der Waals surface area contributed by atoms with Crippen molar-refractivity contribution in [2.24, 2.45) is 0 Å². The van der Waals surface area contributed by atoms with Crippen LogP contribution >= 0.6 is 0 Å². The Labute approximate surface area is 172 Å². The number of ether oxygens (including phenoxy) is 1. The van der Waals surface area contributed by atoms with Crippen LogP contribution in [0.1, 0.15) is 25.8 Å². The van der Waals surface area contributed by atoms with E-state index in [0.717, 1.165) is 22.9 Å². The Morgan fingerprint density at radius 3 is 2.48 bits per heavy atom. The maximum Gasteiger partial charge on any atom is 0.410 e. The summed E-state index contributed by atoms with van der Waals surface area (Å²) in [6.45, 7) is 4.07. The van der Waals surface area contributed by atoms with Crippen LogP contribution in [0.25, 0.3) is 11.1 Å². The molecule has 2 aromatic carbocycles. The molecule has 1 amide bonds. The third-order valence-electron chi connectivity index (χ3n) is 4.96. The number of carbonyl (C=O) groups excluding carboxylic acids is 1. The summed E-state index contributed by atoms with van der Waals surface area (Å²) in [5, 5.41) is 0. The Hall–Kier alpha value is -2.38. The van der Waals surface area contributed by atoms with Gasteiger partial charge in [-0.05, 0) is 43.4 Å². The summed E-state index contributed by atoms with van der Waals surface area (Å²) in [4.78, 5) is 14.2. The van der Waals surface area contributed by atoms with Crippen molar-refractivity contribution in [2.75, 3.05) is 12.8 Å². The quantitative estimate of drug-likeness (QED) is 0.783. The van der Waals surface area contributed by atoms with Gasteiger partial charge in [-0.3, -0.25) is 0 Å². The number of hydrogen-bond donors (Lipinski definition) is 1. The summed E-state index contributed by atoms with van der Waals surface area (Å²) >= 11 is 0. The minimum absolute atomic E-state index is 0.230. The molecule has 1 heterocycles. The number of sulfonamides is 1. The molecule has 29 heavy (non-hydrogen) atoms. The summed E-state index contributed by atoms with van der Waals surface area (Å²) in [6.07, 6.45) is 1.62. The molecule has 0 radical (unpaired) electrons. The highest BCUT2D eigenvalue weighted by Gasteiger charge is 2.39. The Bertz CT molecular complexity index is 944. The first-order valence-electron chi connectivity index (χ1n) is 9.82. The Kier molecular flexibility index (Phi) is 6.59. The van der Waals surface area contributed by atoms with Crippen LogP contribution in [0.4, 0.5) is 4.79 Å². The summed E-state index contributed by atoms with van der Waals surface area (Å²) in [5.74, 6) is 0. The monoisotopic (exact) mass is 416 g/mol. The highest BCUT2D eigenvalue weighted by atomic mass is 32.2. The molecule has 1 N–H and O–H groups in total. The van der Waals surface area contributed by atoms with E-state index in [2.05, 4.69) is 22.9 Å². The van der Waals surface area contributed by atoms with Gasteiger partial charge in [0, 0.05) is 12.6 Å². The predicted octanol–water partition coefficient (Wildman–Crippen LogP) is 3.43. The van der Waals surface area contributed by atoms with Gasteiger partial charge in [-0.2, -0.15) is 0 Å². The van der Waals surface area contributed by atoms with E-state index in [4.69, 9.17) is 4.74 Å². The molecule has 1 fully saturated rings. The molecule has 0 aromatic heterocycles. The molecule has 0 spiro atoms. The van der Waals surface area contributed by atoms with Gasteiger partial charge in [0.1, 0.15) is 0 Å². The van der Waals surface area contributed by atoms with Crippen LogP contribution in [-0.2, 0) is 21.2 Å². The molecule has 3 rings (SSSR count). The molecular weight excluding hydrogens is 388 g/mol. The van der Waals surface area contributed by atoms with E-state index in [1.54, 1.807) is 18.7 Å². The third-order valence-corrected chi connectivity index (χ3v) is 5.69. The van der Waals surface area contributed by atoms with Crippen LogP contribution < -0.4 is 4.72 Å². The zero-order valence-electron chi connectivity index (χ0n) is 17.0. The molecule has 1 saturated heterocycles. The van der Waals surface area contributed by atoms with E-state index in [9.17, 15) is 13.2 Å². The summed E-state index contributed by atoms with van der Waals surface area (Å²) in [7, 11) is -3.38. The van der Waals surface area contributed by atoms with Crippen molar-refractivity contribution in [3.8, 4) is 11.1 Å². The average molecular weight is 417 g/mol. The smallest absolute Gasteiger partial charge is 0.410 e. The summed E-state index contributed by atoms with van der Waals surface area (Å²) < 4.78 is 31.7. The maximum absolute atomic E-state index is 12.6. The fourth-order valence-electron chi connectivity index (χ4n) is 3.76. The lowest BCUT2D eigenvalue weighted by atomic mass is 9.97. The molecule has 2 unspecified atom stereocenters. The van der Waals surface area contributed by atoms with Crippen molar-refractivity contribution in [2.45, 2.75) is 44.9 Å². The number of nitrogens with zero attached hydrogens (tertiary/aromatic N) is 1. The number of rotatable bonds is 6. The van der Waals surface area contributed by atoms with Crippen LogP contribution in [0.2, 0.25) is 0 Å². The van der Waals surface area contributed by atoms with E-state index >= 15 is 0 Å². The molecule has 2 atom stereocenters. The second-order valence-corrected chi connectivity index (χ2v) is 9.53. The molecule has 0 bridgehead atoms. The number of carbonyl (C=O) groups is 1. The Morgan fingerprint density at radius 1 is 1.14 bits per heavy atom. The van der Waals surface area contributed by atoms with Crippen LogP contribution in [0.3, 0.4) is 0 Å². The highest BCUT2D eigenvalue weighted by molar-refractivity contribution is 7.88. The second-order valence-electron chi connectivity index (χ2n) is 7.75. The van der Waals surface area contributed by atoms with Crippen molar-refractivity contribution in [1.29, 1.82) is 0 Å². The molecular formula is C22H28N2O4S. The topological polar surface area (TPSA) is 75.7 Å². The zero-order valence-corrected chi connectivity index (χ0v) is 17.9. The van der Waals surface area contributed by atoms with Gasteiger partial charge in [-0.1, -0.05) is 54.6 Å². The molecule has 7 heteroatoms. The summed E-state index contributed by atoms with van der Waals surface area (Å²) in [6, 6.07) is 17.6. The molecule has 2 aromatic rings. The molecule has 6 nitrogen and oxygen atoms in total. The second kappa shape index (κ2) is 8.97. The first-order valence-corrected chi connectivity index (χ1v) is 11.7. The molecule has 156 valence electrons. The number of nitrogens with one attached hydrogen (secondary N) is 1.